The lowest BCUT2D eigenvalue weighted by atomic mass is 9.71. The van der Waals surface area contributed by atoms with Crippen LogP contribution in [-0.2, 0) is 0 Å². The van der Waals surface area contributed by atoms with Crippen molar-refractivity contribution in [3.63, 3.8) is 0 Å². The molecule has 0 amide bonds. The molecule has 252 valence electrons. The Morgan fingerprint density at radius 1 is 0.182 bits per heavy atom. The Morgan fingerprint density at radius 2 is 0.386 bits per heavy atom. The third-order valence-electron chi connectivity index (χ3n) is 15.5. The highest BCUT2D eigenvalue weighted by atomic mass is 15.2. The van der Waals surface area contributed by atoms with Crippen molar-refractivity contribution in [1.82, 2.24) is 9.80 Å². The van der Waals surface area contributed by atoms with Gasteiger partial charge in [0.25, 0.3) is 0 Å². The van der Waals surface area contributed by atoms with E-state index in [2.05, 4.69) is 9.80 Å². The highest BCUT2D eigenvalue weighted by Crippen LogP contribution is 2.45. The molecule has 7 fully saturated rings. The molecule has 0 N–H and O–H groups in total. The van der Waals surface area contributed by atoms with E-state index in [-0.39, 0.29) is 0 Å². The zero-order valence-corrected chi connectivity index (χ0v) is 29.3. The molecule has 2 nitrogen and oxygen atoms in total. The van der Waals surface area contributed by atoms with Crippen molar-refractivity contribution in [3.05, 3.63) is 0 Å². The Morgan fingerprint density at radius 3 is 0.682 bits per heavy atom. The predicted molar refractivity (Wildman–Crippen MR) is 188 cm³/mol. The maximum absolute atomic E-state index is 3.27. The molecule has 0 aliphatic heterocycles. The molecule has 0 aromatic rings. The fourth-order valence-electron chi connectivity index (χ4n) is 13.2. The lowest BCUT2D eigenvalue weighted by Gasteiger charge is -2.52. The van der Waals surface area contributed by atoms with Crippen molar-refractivity contribution in [2.75, 3.05) is 0 Å². The molecule has 0 atom stereocenters. The summed E-state index contributed by atoms with van der Waals surface area (Å²) in [5.74, 6) is 4.33. The van der Waals surface area contributed by atoms with E-state index in [4.69, 9.17) is 0 Å². The monoisotopic (exact) mass is 607 g/mol. The van der Waals surface area contributed by atoms with Crippen LogP contribution >= 0.6 is 0 Å². The van der Waals surface area contributed by atoms with Crippen LogP contribution in [0.3, 0.4) is 0 Å². The van der Waals surface area contributed by atoms with Gasteiger partial charge in [-0.15, -0.1) is 0 Å². The highest BCUT2D eigenvalue weighted by Gasteiger charge is 2.42. The van der Waals surface area contributed by atoms with Gasteiger partial charge < -0.3 is 0 Å². The number of hydrogen-bond donors (Lipinski definition) is 0. The number of nitrogens with zero attached hydrogens (tertiary/aromatic N) is 2. The van der Waals surface area contributed by atoms with Crippen LogP contribution in [0.1, 0.15) is 205 Å². The average molecular weight is 607 g/mol. The van der Waals surface area contributed by atoms with Crippen molar-refractivity contribution in [2.24, 2.45) is 23.7 Å². The first-order valence-corrected chi connectivity index (χ1v) is 21.4. The van der Waals surface area contributed by atoms with Crippen molar-refractivity contribution in [2.45, 2.75) is 242 Å². The Balaban J connectivity index is 0.980. The van der Waals surface area contributed by atoms with Crippen molar-refractivity contribution in [3.8, 4) is 0 Å². The Bertz CT molecular complexity index is 724. The standard InChI is InChI=1S/C42H74N2/c1-5-13-33(14-6-1)35-21-25-39(26-22-35)43(37-17-9-3-10-18-37)41-29-31-42(32-30-41)44(38-19-11-4-12-20-38)40-27-23-36(24-28-40)34-15-7-2-8-16-34/h33-42H,1-32H2. The first kappa shape index (κ1) is 32.5. The average Bonchev–Trinajstić information content (AvgIpc) is 3.11. The van der Waals surface area contributed by atoms with Gasteiger partial charge in [-0.05, 0) is 126 Å². The topological polar surface area (TPSA) is 6.48 Å². The van der Waals surface area contributed by atoms with E-state index in [0.717, 1.165) is 59.9 Å². The van der Waals surface area contributed by atoms with E-state index in [1.807, 2.05) is 0 Å². The molecule has 7 saturated carbocycles. The second-order valence-corrected chi connectivity index (χ2v) is 17.9. The van der Waals surface area contributed by atoms with E-state index in [1.165, 1.54) is 154 Å². The second-order valence-electron chi connectivity index (χ2n) is 17.9. The third kappa shape index (κ3) is 7.96. The summed E-state index contributed by atoms with van der Waals surface area (Å²) in [6.07, 6.45) is 49.0. The minimum absolute atomic E-state index is 0.904. The summed E-state index contributed by atoms with van der Waals surface area (Å²) >= 11 is 0. The molecule has 0 aromatic heterocycles. The fraction of sp³-hybridized carbons (Fsp3) is 1.00. The molecule has 0 aromatic carbocycles. The molecule has 7 rings (SSSR count). The molecule has 0 unspecified atom stereocenters. The first-order valence-electron chi connectivity index (χ1n) is 21.4. The smallest absolute Gasteiger partial charge is 0.0102 e. The lowest BCUT2D eigenvalue weighted by molar-refractivity contribution is -0.0267. The quantitative estimate of drug-likeness (QED) is 0.271. The third-order valence-corrected chi connectivity index (χ3v) is 15.5. The van der Waals surface area contributed by atoms with E-state index < -0.39 is 0 Å². The molecule has 0 spiro atoms. The minimum Gasteiger partial charge on any atom is -0.294 e. The van der Waals surface area contributed by atoms with Crippen LogP contribution in [0.5, 0.6) is 0 Å². The SMILES string of the molecule is C1CCC(C2CCC(N(C3CCCCC3)C3CCC(N(C4CCCCC4)C4CCC(C5CCCCC5)CC4)CC3)CC2)CC1. The predicted octanol–water partition coefficient (Wildman–Crippen LogP) is 11.8. The molecule has 0 heterocycles. The highest BCUT2D eigenvalue weighted by molar-refractivity contribution is 4.97. The van der Waals surface area contributed by atoms with Crippen LogP contribution in [0.25, 0.3) is 0 Å². The van der Waals surface area contributed by atoms with Crippen LogP contribution in [0.15, 0.2) is 0 Å². The molecular weight excluding hydrogens is 532 g/mol. The number of hydrogen-bond acceptors (Lipinski definition) is 2. The van der Waals surface area contributed by atoms with Gasteiger partial charge in [0.1, 0.15) is 0 Å². The molecule has 44 heavy (non-hydrogen) atoms. The van der Waals surface area contributed by atoms with E-state index >= 15 is 0 Å². The van der Waals surface area contributed by atoms with Crippen molar-refractivity contribution >= 4 is 0 Å². The van der Waals surface area contributed by atoms with Gasteiger partial charge in [0.15, 0.2) is 0 Å². The van der Waals surface area contributed by atoms with Gasteiger partial charge in [-0.1, -0.05) is 103 Å². The maximum atomic E-state index is 3.27. The normalized spacial score (nSPS) is 38.3. The molecule has 0 bridgehead atoms. The Hall–Kier alpha value is -0.0800. The Kier molecular flexibility index (Phi) is 12.1. The van der Waals surface area contributed by atoms with Gasteiger partial charge in [0, 0.05) is 36.3 Å². The molecule has 0 radical (unpaired) electrons. The van der Waals surface area contributed by atoms with Gasteiger partial charge >= 0.3 is 0 Å². The molecular formula is C42H74N2. The first-order chi connectivity index (χ1) is 21.8. The zero-order chi connectivity index (χ0) is 29.6. The van der Waals surface area contributed by atoms with Gasteiger partial charge in [0.05, 0.1) is 0 Å². The van der Waals surface area contributed by atoms with Gasteiger partial charge in [-0.2, -0.15) is 0 Å². The second kappa shape index (κ2) is 16.3. The fourth-order valence-corrected chi connectivity index (χ4v) is 13.2. The van der Waals surface area contributed by atoms with E-state index in [9.17, 15) is 0 Å². The van der Waals surface area contributed by atoms with E-state index in [1.54, 1.807) is 51.4 Å². The van der Waals surface area contributed by atoms with Crippen LogP contribution in [0, 0.1) is 23.7 Å². The van der Waals surface area contributed by atoms with Crippen molar-refractivity contribution in [1.29, 1.82) is 0 Å². The Labute approximate surface area is 274 Å². The minimum atomic E-state index is 0.904. The molecule has 7 aliphatic rings. The summed E-state index contributed by atoms with van der Waals surface area (Å²) in [6.45, 7) is 0. The summed E-state index contributed by atoms with van der Waals surface area (Å²) in [5.41, 5.74) is 0. The molecule has 7 aliphatic carbocycles. The zero-order valence-electron chi connectivity index (χ0n) is 29.3. The van der Waals surface area contributed by atoms with Crippen LogP contribution in [0.4, 0.5) is 0 Å². The maximum Gasteiger partial charge on any atom is 0.0102 e. The lowest BCUT2D eigenvalue weighted by Crippen LogP contribution is -2.56. The van der Waals surface area contributed by atoms with Crippen molar-refractivity contribution < 1.29 is 0 Å². The molecule has 0 saturated heterocycles. The summed E-state index contributed by atoms with van der Waals surface area (Å²) in [4.78, 5) is 6.54. The molecule has 2 heteroatoms. The summed E-state index contributed by atoms with van der Waals surface area (Å²) < 4.78 is 0. The van der Waals surface area contributed by atoms with E-state index in [0.29, 0.717) is 0 Å². The van der Waals surface area contributed by atoms with Crippen LogP contribution in [0.2, 0.25) is 0 Å². The van der Waals surface area contributed by atoms with Gasteiger partial charge in [0.2, 0.25) is 0 Å². The summed E-state index contributed by atoms with van der Waals surface area (Å²) in [5, 5.41) is 0. The van der Waals surface area contributed by atoms with Crippen LogP contribution < -0.4 is 0 Å². The largest absolute Gasteiger partial charge is 0.294 e. The summed E-state index contributed by atoms with van der Waals surface area (Å²) in [7, 11) is 0. The van der Waals surface area contributed by atoms with Gasteiger partial charge in [-0.3, -0.25) is 9.80 Å². The summed E-state index contributed by atoms with van der Waals surface area (Å²) in [6, 6.07) is 5.49. The van der Waals surface area contributed by atoms with Crippen LogP contribution in [-0.4, -0.2) is 46.1 Å². The van der Waals surface area contributed by atoms with Gasteiger partial charge in [-0.25, -0.2) is 0 Å². The number of rotatable bonds is 8.